The van der Waals surface area contributed by atoms with Crippen LogP contribution in [0.2, 0.25) is 0 Å². The molecular formula is C30H39FN6O3. The Kier molecular flexibility index (Phi) is 7.98. The third kappa shape index (κ3) is 5.31. The lowest BCUT2D eigenvalue weighted by molar-refractivity contribution is -0.197. The lowest BCUT2D eigenvalue weighted by atomic mass is 9.69. The van der Waals surface area contributed by atoms with Crippen molar-refractivity contribution in [3.63, 3.8) is 0 Å². The van der Waals surface area contributed by atoms with Crippen molar-refractivity contribution in [1.82, 2.24) is 29.7 Å². The van der Waals surface area contributed by atoms with Crippen molar-refractivity contribution in [3.8, 4) is 0 Å². The summed E-state index contributed by atoms with van der Waals surface area (Å²) in [6, 6.07) is 5.06. The van der Waals surface area contributed by atoms with Crippen LogP contribution >= 0.6 is 0 Å². The number of hydrogen-bond donors (Lipinski definition) is 1. The number of pyridine rings is 1. The molecule has 10 heteroatoms. The summed E-state index contributed by atoms with van der Waals surface area (Å²) in [7, 11) is 1.72. The maximum Gasteiger partial charge on any atom is 0.258 e. The number of imidazole rings is 1. The number of halogens is 1. The highest BCUT2D eigenvalue weighted by atomic mass is 19.1. The van der Waals surface area contributed by atoms with E-state index in [0.29, 0.717) is 19.5 Å². The van der Waals surface area contributed by atoms with Crippen molar-refractivity contribution in [1.29, 1.82) is 0 Å². The van der Waals surface area contributed by atoms with Crippen molar-refractivity contribution in [2.75, 3.05) is 20.1 Å². The van der Waals surface area contributed by atoms with E-state index in [9.17, 15) is 9.59 Å². The lowest BCUT2D eigenvalue weighted by Gasteiger charge is -2.59. The molecule has 6 rings (SSSR count). The van der Waals surface area contributed by atoms with E-state index in [4.69, 9.17) is 4.74 Å². The number of aromatic nitrogens is 3. The number of ketones is 1. The maximum absolute atomic E-state index is 15.9. The molecule has 9 nitrogen and oxygen atoms in total. The number of likely N-dealkylation sites (N-methyl/N-ethyl adjacent to an activating group) is 1. The summed E-state index contributed by atoms with van der Waals surface area (Å²) < 4.78 is 24.5. The van der Waals surface area contributed by atoms with Crippen LogP contribution in [0.4, 0.5) is 4.39 Å². The predicted octanol–water partition coefficient (Wildman–Crippen LogP) is 2.53. The highest BCUT2D eigenvalue weighted by Crippen LogP contribution is 2.45. The summed E-state index contributed by atoms with van der Waals surface area (Å²) in [6.45, 7) is 1.89. The third-order valence-corrected chi connectivity index (χ3v) is 9.12. The summed E-state index contributed by atoms with van der Waals surface area (Å²) in [5.41, 5.74) is 1.07. The van der Waals surface area contributed by atoms with Gasteiger partial charge in [-0.05, 0) is 44.4 Å². The van der Waals surface area contributed by atoms with Crippen molar-refractivity contribution in [2.24, 2.45) is 5.92 Å². The molecule has 2 saturated carbocycles. The fourth-order valence-electron chi connectivity index (χ4n) is 7.06. The second-order valence-corrected chi connectivity index (χ2v) is 11.6. The van der Waals surface area contributed by atoms with Crippen LogP contribution in [-0.4, -0.2) is 92.7 Å². The minimum absolute atomic E-state index is 0.0288. The van der Waals surface area contributed by atoms with Crippen LogP contribution in [0.15, 0.2) is 54.9 Å². The van der Waals surface area contributed by atoms with E-state index >= 15 is 4.39 Å². The van der Waals surface area contributed by atoms with Gasteiger partial charge in [-0.3, -0.25) is 14.6 Å². The van der Waals surface area contributed by atoms with Gasteiger partial charge in [-0.25, -0.2) is 9.37 Å². The fraction of sp³-hybridized carbons (Fsp3) is 0.600. The summed E-state index contributed by atoms with van der Waals surface area (Å²) in [5.74, 6) is -1.15. The Morgan fingerprint density at radius 2 is 2.12 bits per heavy atom. The van der Waals surface area contributed by atoms with E-state index in [2.05, 4.69) is 20.2 Å². The first-order valence-corrected chi connectivity index (χ1v) is 14.7. The van der Waals surface area contributed by atoms with Crippen LogP contribution in [0.25, 0.3) is 0 Å². The number of hydrogen-bond acceptors (Lipinski definition) is 7. The van der Waals surface area contributed by atoms with Crippen LogP contribution in [0.1, 0.15) is 44.2 Å². The number of carbonyl (C=O) groups is 2. The quantitative estimate of drug-likeness (QED) is 0.379. The molecule has 2 aromatic rings. The summed E-state index contributed by atoms with van der Waals surface area (Å²) in [5, 5.41) is 3.44. The molecule has 7 unspecified atom stereocenters. The van der Waals surface area contributed by atoms with E-state index in [1.165, 1.54) is 0 Å². The van der Waals surface area contributed by atoms with Crippen molar-refractivity contribution in [2.45, 2.75) is 88.0 Å². The molecule has 1 saturated heterocycles. The Morgan fingerprint density at radius 1 is 1.25 bits per heavy atom. The minimum Gasteiger partial charge on any atom is -0.369 e. The highest BCUT2D eigenvalue weighted by molar-refractivity contribution is 6.20. The lowest BCUT2D eigenvalue weighted by Crippen LogP contribution is -2.72. The van der Waals surface area contributed by atoms with E-state index in [-0.39, 0.29) is 41.9 Å². The standard InChI is InChI=1S/C30H39FN6O3/c1-35(15-10-20-7-4-5-11-33-20)30(39)22-18-37-24-8-2-3-9-25(24)40-29-26(23(31)17-21(27(29)37)28(22)38)34-12-6-14-36-16-13-32-19-36/h4-5,7,11,13,16,18-19,21,23-27,29,34H,2-3,6,8-10,12,14-15,17H2,1H3. The van der Waals surface area contributed by atoms with Gasteiger partial charge in [-0.15, -0.1) is 0 Å². The first kappa shape index (κ1) is 27.1. The number of Topliss-reactive ketones (excluding diaryl/α,β-unsaturated/α-hetero) is 1. The van der Waals surface area contributed by atoms with Gasteiger partial charge in [-0.2, -0.15) is 0 Å². The second kappa shape index (κ2) is 11.8. The molecule has 40 heavy (non-hydrogen) atoms. The summed E-state index contributed by atoms with van der Waals surface area (Å²) >= 11 is 0. The maximum atomic E-state index is 15.9. The predicted molar refractivity (Wildman–Crippen MR) is 147 cm³/mol. The van der Waals surface area contributed by atoms with Crippen LogP contribution in [0, 0.1) is 5.92 Å². The average molecular weight is 551 g/mol. The molecule has 0 spiro atoms. The van der Waals surface area contributed by atoms with Gasteiger partial charge in [-0.1, -0.05) is 18.9 Å². The minimum atomic E-state index is -1.23. The Balaban J connectivity index is 1.20. The first-order chi connectivity index (χ1) is 19.5. The van der Waals surface area contributed by atoms with Gasteiger partial charge >= 0.3 is 0 Å². The van der Waals surface area contributed by atoms with Crippen molar-refractivity contribution >= 4 is 11.7 Å². The van der Waals surface area contributed by atoms with E-state index in [1.807, 2.05) is 29.0 Å². The van der Waals surface area contributed by atoms with Crippen LogP contribution in [0.5, 0.6) is 0 Å². The number of morpholine rings is 1. The monoisotopic (exact) mass is 550 g/mol. The largest absolute Gasteiger partial charge is 0.369 e. The van der Waals surface area contributed by atoms with E-state index in [1.54, 1.807) is 36.9 Å². The Bertz CT molecular complexity index is 1210. The van der Waals surface area contributed by atoms with Gasteiger partial charge in [0.1, 0.15) is 6.17 Å². The molecule has 4 heterocycles. The normalized spacial score (nSPS) is 31.2. The molecule has 7 atom stereocenters. The Labute approximate surface area is 234 Å². The molecule has 2 aliphatic heterocycles. The van der Waals surface area contributed by atoms with Crippen molar-refractivity contribution < 1.29 is 18.7 Å². The third-order valence-electron chi connectivity index (χ3n) is 9.12. The molecule has 1 amide bonds. The van der Waals surface area contributed by atoms with Crippen LogP contribution < -0.4 is 5.32 Å². The smallest absolute Gasteiger partial charge is 0.258 e. The zero-order valence-corrected chi connectivity index (χ0v) is 23.1. The van der Waals surface area contributed by atoms with Gasteiger partial charge in [0.05, 0.1) is 42.2 Å². The number of carbonyl (C=O) groups excluding carboxylic acids is 2. The number of fused-ring (bicyclic) bond motifs is 2. The number of aryl methyl sites for hydroxylation is 1. The summed E-state index contributed by atoms with van der Waals surface area (Å²) in [4.78, 5) is 39.6. The molecule has 0 aromatic carbocycles. The molecule has 2 aliphatic carbocycles. The molecule has 1 N–H and O–H groups in total. The van der Waals surface area contributed by atoms with Gasteiger partial charge in [0.2, 0.25) is 0 Å². The zero-order chi connectivity index (χ0) is 27.6. The van der Waals surface area contributed by atoms with Gasteiger partial charge < -0.3 is 24.4 Å². The molecule has 0 bridgehead atoms. The fourth-order valence-corrected chi connectivity index (χ4v) is 7.06. The molecule has 4 aliphatic rings. The second-order valence-electron chi connectivity index (χ2n) is 11.6. The zero-order valence-electron chi connectivity index (χ0n) is 23.1. The van der Waals surface area contributed by atoms with Gasteiger partial charge in [0.25, 0.3) is 5.91 Å². The Hall–Kier alpha value is -3.11. The van der Waals surface area contributed by atoms with Crippen LogP contribution in [0.3, 0.4) is 0 Å². The molecule has 3 fully saturated rings. The highest BCUT2D eigenvalue weighted by Gasteiger charge is 2.58. The molecular weight excluding hydrogens is 511 g/mol. The van der Waals surface area contributed by atoms with Gasteiger partial charge in [0, 0.05) is 63.0 Å². The number of alkyl halides is 1. The number of ether oxygens (including phenoxy) is 1. The number of amides is 1. The van der Waals surface area contributed by atoms with E-state index < -0.39 is 24.2 Å². The Morgan fingerprint density at radius 3 is 2.92 bits per heavy atom. The van der Waals surface area contributed by atoms with Crippen LogP contribution in [-0.2, 0) is 27.3 Å². The topological polar surface area (TPSA) is 92.6 Å². The average Bonchev–Trinajstić information content (AvgIpc) is 3.50. The summed E-state index contributed by atoms with van der Waals surface area (Å²) in [6.07, 6.45) is 12.8. The number of nitrogens with one attached hydrogen (secondary N) is 1. The SMILES string of the molecule is CN(CCc1ccccn1)C(=O)C1=CN2C3CCCCC3OC3C(NCCCn4ccnc4)C(F)CC(C1=O)C32. The van der Waals surface area contributed by atoms with E-state index in [0.717, 1.165) is 44.3 Å². The molecule has 2 aromatic heterocycles. The first-order valence-electron chi connectivity index (χ1n) is 14.7. The number of rotatable bonds is 9. The van der Waals surface area contributed by atoms with Gasteiger partial charge in [0.15, 0.2) is 5.78 Å². The van der Waals surface area contributed by atoms with Crippen molar-refractivity contribution in [3.05, 3.63) is 60.6 Å². The molecule has 0 radical (unpaired) electrons. The number of nitrogens with zero attached hydrogens (tertiary/aromatic N) is 5. The molecule has 214 valence electrons.